The van der Waals surface area contributed by atoms with Gasteiger partial charge < -0.3 is 4.98 Å². The van der Waals surface area contributed by atoms with Crippen LogP contribution in [0.4, 0.5) is 0 Å². The van der Waals surface area contributed by atoms with Crippen molar-refractivity contribution in [3.8, 4) is 0 Å². The molecule has 0 bridgehead atoms. The Balaban J connectivity index is 1.76. The van der Waals surface area contributed by atoms with E-state index in [4.69, 9.17) is 0 Å². The van der Waals surface area contributed by atoms with Crippen LogP contribution in [0.15, 0.2) is 34.5 Å². The smallest absolute Gasteiger partial charge is 0.252 e. The van der Waals surface area contributed by atoms with E-state index in [1.54, 1.807) is 10.4 Å². The number of hydrogen-bond acceptors (Lipinski definition) is 3. The maximum absolute atomic E-state index is 12.9. The van der Waals surface area contributed by atoms with Gasteiger partial charge in [-0.3, -0.25) is 0 Å². The zero-order valence-electron chi connectivity index (χ0n) is 13.1. The van der Waals surface area contributed by atoms with E-state index in [1.165, 1.54) is 22.6 Å². The highest BCUT2D eigenvalue weighted by molar-refractivity contribution is 7.91. The van der Waals surface area contributed by atoms with Gasteiger partial charge in [0.2, 0.25) is 0 Å². The van der Waals surface area contributed by atoms with Crippen molar-refractivity contribution in [3.05, 3.63) is 52.0 Å². The molecule has 0 spiro atoms. The van der Waals surface area contributed by atoms with Crippen LogP contribution in [-0.4, -0.2) is 24.3 Å². The summed E-state index contributed by atoms with van der Waals surface area (Å²) in [5.74, 6) is 0. The topological polar surface area (TPSA) is 53.2 Å². The third kappa shape index (κ3) is 2.41. The Hall–Kier alpha value is -1.63. The summed E-state index contributed by atoms with van der Waals surface area (Å²) in [7, 11) is -3.40. The van der Waals surface area contributed by atoms with Crippen LogP contribution in [-0.2, 0) is 23.0 Å². The number of thiophene rings is 1. The molecule has 23 heavy (non-hydrogen) atoms. The predicted octanol–water partition coefficient (Wildman–Crippen LogP) is 3.59. The summed E-state index contributed by atoms with van der Waals surface area (Å²) < 4.78 is 27.8. The Morgan fingerprint density at radius 3 is 2.74 bits per heavy atom. The first-order valence-electron chi connectivity index (χ1n) is 7.62. The summed E-state index contributed by atoms with van der Waals surface area (Å²) >= 11 is 1.34. The van der Waals surface area contributed by atoms with Gasteiger partial charge in [-0.2, -0.15) is 4.31 Å². The molecule has 1 aliphatic heterocycles. The Morgan fingerprint density at radius 1 is 1.17 bits per heavy atom. The normalized spacial score (nSPS) is 15.9. The molecule has 0 radical (unpaired) electrons. The lowest BCUT2D eigenvalue weighted by Crippen LogP contribution is -2.35. The van der Waals surface area contributed by atoms with Gasteiger partial charge in [-0.15, -0.1) is 11.3 Å². The van der Waals surface area contributed by atoms with Gasteiger partial charge in [0.25, 0.3) is 10.0 Å². The molecule has 1 aromatic carbocycles. The molecule has 0 fully saturated rings. The summed E-state index contributed by atoms with van der Waals surface area (Å²) in [6.45, 7) is 4.96. The minimum Gasteiger partial charge on any atom is -0.358 e. The lowest BCUT2D eigenvalue weighted by Gasteiger charge is -2.26. The largest absolute Gasteiger partial charge is 0.358 e. The zero-order chi connectivity index (χ0) is 16.2. The van der Waals surface area contributed by atoms with Gasteiger partial charge in [0.05, 0.1) is 0 Å². The van der Waals surface area contributed by atoms with Crippen LogP contribution in [0, 0.1) is 13.8 Å². The molecule has 0 atom stereocenters. The predicted molar refractivity (Wildman–Crippen MR) is 93.4 cm³/mol. The third-order valence-electron chi connectivity index (χ3n) is 4.41. The Morgan fingerprint density at radius 2 is 2.00 bits per heavy atom. The number of nitrogens with one attached hydrogen (secondary N) is 1. The van der Waals surface area contributed by atoms with Crippen LogP contribution in [0.3, 0.4) is 0 Å². The number of aromatic nitrogens is 1. The van der Waals surface area contributed by atoms with Gasteiger partial charge in [0.15, 0.2) is 0 Å². The molecule has 4 rings (SSSR count). The zero-order valence-corrected chi connectivity index (χ0v) is 14.7. The lowest BCUT2D eigenvalue weighted by molar-refractivity contribution is 0.392. The molecule has 0 saturated carbocycles. The van der Waals surface area contributed by atoms with Crippen molar-refractivity contribution in [1.82, 2.24) is 9.29 Å². The van der Waals surface area contributed by atoms with E-state index in [9.17, 15) is 8.42 Å². The second-order valence-corrected chi connectivity index (χ2v) is 9.54. The first kappa shape index (κ1) is 14.9. The highest BCUT2D eigenvalue weighted by Crippen LogP contribution is 2.32. The SMILES string of the molecule is Cc1ccc2[nH]c3c(c2c1)CN(S(=O)(=O)c1ccc(C)s1)CC3. The van der Waals surface area contributed by atoms with Crippen molar-refractivity contribution in [1.29, 1.82) is 0 Å². The third-order valence-corrected chi connectivity index (χ3v) is 7.72. The van der Waals surface area contributed by atoms with Gasteiger partial charge in [-0.05, 0) is 43.7 Å². The first-order chi connectivity index (χ1) is 10.9. The minimum absolute atomic E-state index is 0.439. The molecule has 3 heterocycles. The van der Waals surface area contributed by atoms with Gasteiger partial charge in [-0.25, -0.2) is 8.42 Å². The Labute approximate surface area is 139 Å². The highest BCUT2D eigenvalue weighted by atomic mass is 32.2. The Bertz CT molecular complexity index is 999. The standard InChI is InChI=1S/C17H18N2O2S2/c1-11-3-5-15-13(9-11)14-10-19(8-7-16(14)18-15)23(20,21)17-6-4-12(2)22-17/h3-6,9,18H,7-8,10H2,1-2H3. The maximum Gasteiger partial charge on any atom is 0.252 e. The van der Waals surface area contributed by atoms with Crippen LogP contribution >= 0.6 is 11.3 Å². The monoisotopic (exact) mass is 346 g/mol. The fraction of sp³-hybridized carbons (Fsp3) is 0.294. The van der Waals surface area contributed by atoms with E-state index in [-0.39, 0.29) is 0 Å². The molecule has 120 valence electrons. The van der Waals surface area contributed by atoms with Crippen LogP contribution in [0.5, 0.6) is 0 Å². The van der Waals surface area contributed by atoms with Crippen molar-refractivity contribution in [2.75, 3.05) is 6.54 Å². The van der Waals surface area contributed by atoms with Crippen LogP contribution < -0.4 is 0 Å². The number of aromatic amines is 1. The molecular weight excluding hydrogens is 328 g/mol. The number of sulfonamides is 1. The summed E-state index contributed by atoms with van der Waals surface area (Å²) in [4.78, 5) is 4.46. The second-order valence-electron chi connectivity index (χ2n) is 6.08. The van der Waals surface area contributed by atoms with Crippen molar-refractivity contribution in [2.45, 2.75) is 31.0 Å². The van der Waals surface area contributed by atoms with E-state index >= 15 is 0 Å². The van der Waals surface area contributed by atoms with Crippen molar-refractivity contribution >= 4 is 32.3 Å². The molecule has 1 N–H and O–H groups in total. The van der Waals surface area contributed by atoms with Crippen molar-refractivity contribution in [3.63, 3.8) is 0 Å². The fourth-order valence-electron chi connectivity index (χ4n) is 3.19. The second kappa shape index (κ2) is 5.19. The molecule has 0 saturated heterocycles. The van der Waals surface area contributed by atoms with Gasteiger partial charge in [-0.1, -0.05) is 11.6 Å². The number of benzene rings is 1. The van der Waals surface area contributed by atoms with Crippen molar-refractivity contribution < 1.29 is 8.42 Å². The minimum atomic E-state index is -3.40. The molecule has 0 amide bonds. The molecule has 0 unspecified atom stereocenters. The van der Waals surface area contributed by atoms with Crippen LogP contribution in [0.1, 0.15) is 21.7 Å². The Kier molecular flexibility index (Phi) is 3.37. The fourth-order valence-corrected chi connectivity index (χ4v) is 6.03. The number of hydrogen-bond donors (Lipinski definition) is 1. The van der Waals surface area contributed by atoms with E-state index in [0.717, 1.165) is 27.8 Å². The van der Waals surface area contributed by atoms with Crippen molar-refractivity contribution in [2.24, 2.45) is 0 Å². The average molecular weight is 346 g/mol. The number of aryl methyl sites for hydroxylation is 2. The number of rotatable bonds is 2. The highest BCUT2D eigenvalue weighted by Gasteiger charge is 2.31. The molecule has 3 aromatic rings. The molecular formula is C17H18N2O2S2. The number of fused-ring (bicyclic) bond motifs is 3. The quantitative estimate of drug-likeness (QED) is 0.771. The van der Waals surface area contributed by atoms with Gasteiger partial charge in [0, 0.05) is 41.0 Å². The molecule has 6 heteroatoms. The summed E-state index contributed by atoms with van der Waals surface area (Å²) in [6.07, 6.45) is 0.729. The van der Waals surface area contributed by atoms with Gasteiger partial charge >= 0.3 is 0 Å². The summed E-state index contributed by atoms with van der Waals surface area (Å²) in [5, 5.41) is 1.14. The number of nitrogens with zero attached hydrogens (tertiary/aromatic N) is 1. The summed E-state index contributed by atoms with van der Waals surface area (Å²) in [5.41, 5.74) is 4.56. The number of H-pyrrole nitrogens is 1. The summed E-state index contributed by atoms with van der Waals surface area (Å²) in [6, 6.07) is 9.86. The molecule has 1 aliphatic rings. The lowest BCUT2D eigenvalue weighted by atomic mass is 10.0. The van der Waals surface area contributed by atoms with E-state index in [0.29, 0.717) is 17.3 Å². The van der Waals surface area contributed by atoms with E-state index < -0.39 is 10.0 Å². The maximum atomic E-state index is 12.9. The molecule has 0 aliphatic carbocycles. The van der Waals surface area contributed by atoms with E-state index in [1.807, 2.05) is 13.0 Å². The average Bonchev–Trinajstić information content (AvgIpc) is 3.10. The molecule has 4 nitrogen and oxygen atoms in total. The van der Waals surface area contributed by atoms with Crippen LogP contribution in [0.25, 0.3) is 10.9 Å². The van der Waals surface area contributed by atoms with Crippen LogP contribution in [0.2, 0.25) is 0 Å². The van der Waals surface area contributed by atoms with Gasteiger partial charge in [0.1, 0.15) is 4.21 Å². The van der Waals surface area contributed by atoms with E-state index in [2.05, 4.69) is 30.1 Å². The first-order valence-corrected chi connectivity index (χ1v) is 9.87. The molecule has 2 aromatic heterocycles.